The lowest BCUT2D eigenvalue weighted by Crippen LogP contribution is -2.22. The van der Waals surface area contributed by atoms with E-state index in [-0.39, 0.29) is 17.1 Å². The average molecular weight is 362 g/mol. The van der Waals surface area contributed by atoms with Crippen LogP contribution in [0.2, 0.25) is 0 Å². The summed E-state index contributed by atoms with van der Waals surface area (Å²) in [7, 11) is 0. The zero-order chi connectivity index (χ0) is 19.4. The Kier molecular flexibility index (Phi) is 10.3. The van der Waals surface area contributed by atoms with E-state index in [9.17, 15) is 14.4 Å². The number of hydrogen-bond acceptors (Lipinski definition) is 4. The number of carboxylic acids is 1. The van der Waals surface area contributed by atoms with Crippen LogP contribution in [0.1, 0.15) is 75.6 Å². The molecule has 5 heteroatoms. The van der Waals surface area contributed by atoms with Crippen molar-refractivity contribution in [2.24, 2.45) is 5.92 Å². The number of ketones is 2. The number of unbranched alkanes of at least 4 members (excludes halogenated alkanes) is 4. The lowest BCUT2D eigenvalue weighted by atomic mass is 9.90. The van der Waals surface area contributed by atoms with Gasteiger partial charge in [-0.2, -0.15) is 0 Å². The molecule has 0 aliphatic rings. The third kappa shape index (κ3) is 7.81. The predicted molar refractivity (Wildman–Crippen MR) is 101 cm³/mol. The summed E-state index contributed by atoms with van der Waals surface area (Å²) < 4.78 is 5.60. The summed E-state index contributed by atoms with van der Waals surface area (Å²) in [5, 5.41) is 8.84. The molecule has 0 aliphatic carbocycles. The second-order valence-corrected chi connectivity index (χ2v) is 6.43. The van der Waals surface area contributed by atoms with Crippen molar-refractivity contribution in [2.45, 2.75) is 65.2 Å². The van der Waals surface area contributed by atoms with Crippen LogP contribution in [-0.2, 0) is 9.59 Å². The standard InChI is InChI=1S/C21H30O5/c1-3-19(22)18(20(23)4-2)10-8-6-5-7-9-15-26-17-13-11-16(12-14-17)21(24)25/h11-14,18H,3-10,15H2,1-2H3,(H,24,25). The first-order valence-corrected chi connectivity index (χ1v) is 9.51. The number of ether oxygens (including phenoxy) is 1. The molecule has 144 valence electrons. The molecule has 1 aromatic carbocycles. The molecule has 0 atom stereocenters. The topological polar surface area (TPSA) is 80.7 Å². The van der Waals surface area contributed by atoms with Gasteiger partial charge in [0.2, 0.25) is 0 Å². The first-order valence-electron chi connectivity index (χ1n) is 9.51. The molecule has 0 amide bonds. The van der Waals surface area contributed by atoms with Crippen LogP contribution in [0.4, 0.5) is 0 Å². The normalized spacial score (nSPS) is 10.7. The fourth-order valence-electron chi connectivity index (χ4n) is 2.86. The number of carbonyl (C=O) groups excluding carboxylic acids is 2. The number of hydrogen-bond donors (Lipinski definition) is 1. The second kappa shape index (κ2) is 12.2. The first-order chi connectivity index (χ1) is 12.5. The van der Waals surface area contributed by atoms with Gasteiger partial charge < -0.3 is 9.84 Å². The molecule has 0 saturated carbocycles. The Bertz CT molecular complexity index is 561. The van der Waals surface area contributed by atoms with Crippen LogP contribution in [-0.4, -0.2) is 29.2 Å². The van der Waals surface area contributed by atoms with E-state index in [0.29, 0.717) is 31.6 Å². The third-order valence-corrected chi connectivity index (χ3v) is 4.48. The van der Waals surface area contributed by atoms with Crippen LogP contribution < -0.4 is 4.74 Å². The summed E-state index contributed by atoms with van der Waals surface area (Å²) in [6.45, 7) is 4.22. The van der Waals surface area contributed by atoms with Gasteiger partial charge in [-0.05, 0) is 37.1 Å². The summed E-state index contributed by atoms with van der Waals surface area (Å²) in [6.07, 6.45) is 6.45. The summed E-state index contributed by atoms with van der Waals surface area (Å²) in [5.41, 5.74) is 0.249. The maximum absolute atomic E-state index is 11.8. The van der Waals surface area contributed by atoms with Crippen molar-refractivity contribution in [1.29, 1.82) is 0 Å². The van der Waals surface area contributed by atoms with Gasteiger partial charge in [-0.1, -0.05) is 39.5 Å². The van der Waals surface area contributed by atoms with Crippen LogP contribution in [0.25, 0.3) is 0 Å². The van der Waals surface area contributed by atoms with Gasteiger partial charge in [-0.15, -0.1) is 0 Å². The van der Waals surface area contributed by atoms with Crippen molar-refractivity contribution in [3.05, 3.63) is 29.8 Å². The molecule has 0 bridgehead atoms. The second-order valence-electron chi connectivity index (χ2n) is 6.43. The Labute approximate surface area is 155 Å². The number of benzene rings is 1. The zero-order valence-corrected chi connectivity index (χ0v) is 15.8. The highest BCUT2D eigenvalue weighted by Crippen LogP contribution is 2.17. The Hall–Kier alpha value is -2.17. The molecule has 0 fully saturated rings. The molecular formula is C21H30O5. The van der Waals surface area contributed by atoms with E-state index in [4.69, 9.17) is 9.84 Å². The Morgan fingerprint density at radius 3 is 1.96 bits per heavy atom. The summed E-state index contributed by atoms with van der Waals surface area (Å²) in [4.78, 5) is 34.5. The molecule has 0 unspecified atom stereocenters. The molecule has 0 radical (unpaired) electrons. The number of aromatic carboxylic acids is 1. The number of carboxylic acid groups (broad SMARTS) is 1. The molecular weight excluding hydrogens is 332 g/mol. The van der Waals surface area contributed by atoms with Gasteiger partial charge in [0.1, 0.15) is 17.3 Å². The SMILES string of the molecule is CCC(=O)C(CCCCCCCOc1ccc(C(=O)O)cc1)C(=O)CC. The smallest absolute Gasteiger partial charge is 0.335 e. The van der Waals surface area contributed by atoms with Crippen LogP contribution in [0.5, 0.6) is 5.75 Å². The van der Waals surface area contributed by atoms with E-state index >= 15 is 0 Å². The van der Waals surface area contributed by atoms with E-state index in [1.54, 1.807) is 12.1 Å². The van der Waals surface area contributed by atoms with Crippen molar-refractivity contribution < 1.29 is 24.2 Å². The summed E-state index contributed by atoms with van der Waals surface area (Å²) in [5.74, 6) is -0.533. The molecule has 1 rings (SSSR count). The van der Waals surface area contributed by atoms with Crippen molar-refractivity contribution in [3.8, 4) is 5.75 Å². The summed E-state index contributed by atoms with van der Waals surface area (Å²) in [6, 6.07) is 6.39. The minimum Gasteiger partial charge on any atom is -0.494 e. The van der Waals surface area contributed by atoms with Gasteiger partial charge in [0.15, 0.2) is 0 Å². The molecule has 1 N–H and O–H groups in total. The number of rotatable bonds is 14. The number of Topliss-reactive ketones (excluding diaryl/α,β-unsaturated/α-hetero) is 2. The highest BCUT2D eigenvalue weighted by Gasteiger charge is 2.22. The van der Waals surface area contributed by atoms with Crippen LogP contribution >= 0.6 is 0 Å². The van der Waals surface area contributed by atoms with Gasteiger partial charge in [0.25, 0.3) is 0 Å². The largest absolute Gasteiger partial charge is 0.494 e. The minimum absolute atomic E-state index is 0.0687. The molecule has 0 saturated heterocycles. The average Bonchev–Trinajstić information content (AvgIpc) is 2.66. The van der Waals surface area contributed by atoms with Gasteiger partial charge >= 0.3 is 5.97 Å². The van der Waals surface area contributed by atoms with Gasteiger partial charge in [-0.25, -0.2) is 4.79 Å². The van der Waals surface area contributed by atoms with Crippen LogP contribution in [0.15, 0.2) is 24.3 Å². The summed E-state index contributed by atoms with van der Waals surface area (Å²) >= 11 is 0. The molecule has 0 spiro atoms. The molecule has 5 nitrogen and oxygen atoms in total. The molecule has 1 aromatic rings. The monoisotopic (exact) mass is 362 g/mol. The maximum Gasteiger partial charge on any atom is 0.335 e. The van der Waals surface area contributed by atoms with E-state index in [0.717, 1.165) is 32.1 Å². The molecule has 0 heterocycles. The van der Waals surface area contributed by atoms with Gasteiger partial charge in [0.05, 0.1) is 18.1 Å². The van der Waals surface area contributed by atoms with Crippen molar-refractivity contribution in [2.75, 3.05) is 6.61 Å². The molecule has 26 heavy (non-hydrogen) atoms. The Morgan fingerprint density at radius 1 is 0.885 bits per heavy atom. The van der Waals surface area contributed by atoms with Crippen molar-refractivity contribution >= 4 is 17.5 Å². The Balaban J connectivity index is 2.14. The van der Waals surface area contributed by atoms with Crippen molar-refractivity contribution in [1.82, 2.24) is 0 Å². The predicted octanol–water partition coefficient (Wildman–Crippen LogP) is 4.68. The highest BCUT2D eigenvalue weighted by molar-refractivity contribution is 6.02. The van der Waals surface area contributed by atoms with E-state index < -0.39 is 11.9 Å². The fourth-order valence-corrected chi connectivity index (χ4v) is 2.86. The van der Waals surface area contributed by atoms with Crippen molar-refractivity contribution in [3.63, 3.8) is 0 Å². The fraction of sp³-hybridized carbons (Fsp3) is 0.571. The lowest BCUT2D eigenvalue weighted by molar-refractivity contribution is -0.132. The quantitative estimate of drug-likeness (QED) is 0.384. The zero-order valence-electron chi connectivity index (χ0n) is 15.8. The maximum atomic E-state index is 11.8. The Morgan fingerprint density at radius 2 is 1.42 bits per heavy atom. The lowest BCUT2D eigenvalue weighted by Gasteiger charge is -2.12. The van der Waals surface area contributed by atoms with Gasteiger partial charge in [0, 0.05) is 12.8 Å². The first kappa shape index (κ1) is 21.9. The third-order valence-electron chi connectivity index (χ3n) is 4.48. The minimum atomic E-state index is -0.944. The highest BCUT2D eigenvalue weighted by atomic mass is 16.5. The molecule has 0 aromatic heterocycles. The van der Waals surface area contributed by atoms with Crippen LogP contribution in [0, 0.1) is 5.92 Å². The van der Waals surface area contributed by atoms with Gasteiger partial charge in [-0.3, -0.25) is 9.59 Å². The number of carbonyl (C=O) groups is 3. The van der Waals surface area contributed by atoms with E-state index in [1.807, 2.05) is 13.8 Å². The van der Waals surface area contributed by atoms with E-state index in [2.05, 4.69) is 0 Å². The van der Waals surface area contributed by atoms with Crippen LogP contribution in [0.3, 0.4) is 0 Å². The van der Waals surface area contributed by atoms with E-state index in [1.165, 1.54) is 12.1 Å². The molecule has 0 aliphatic heterocycles.